The molecule has 0 saturated heterocycles. The molecular weight excluding hydrogens is 208 g/mol. The fourth-order valence-corrected chi connectivity index (χ4v) is 3.43. The minimum absolute atomic E-state index is 0.504. The molecule has 92 valence electrons. The molecule has 2 aliphatic carbocycles. The largest absolute Gasteiger partial charge is 0.306 e. The predicted molar refractivity (Wildman–Crippen MR) is 69.8 cm³/mol. The molecule has 2 heteroatoms. The molecule has 0 radical (unpaired) electrons. The second kappa shape index (κ2) is 4.41. The highest BCUT2D eigenvalue weighted by molar-refractivity contribution is 5.28. The number of aryl methyl sites for hydroxylation is 1. The zero-order valence-electron chi connectivity index (χ0n) is 10.8. The monoisotopic (exact) mass is 230 g/mol. The maximum Gasteiger partial charge on any atom is 0.0605 e. The van der Waals surface area contributed by atoms with E-state index >= 15 is 0 Å². The third-order valence-corrected chi connectivity index (χ3v) is 4.84. The van der Waals surface area contributed by atoms with E-state index < -0.39 is 0 Å². The van der Waals surface area contributed by atoms with Crippen LogP contribution in [-0.4, -0.2) is 11.0 Å². The van der Waals surface area contributed by atoms with Crippen molar-refractivity contribution < 1.29 is 0 Å². The highest BCUT2D eigenvalue weighted by Crippen LogP contribution is 2.35. The number of nitrogens with zero attached hydrogens (tertiary/aromatic N) is 1. The fourth-order valence-electron chi connectivity index (χ4n) is 3.43. The van der Waals surface area contributed by atoms with E-state index in [9.17, 15) is 0 Å². The van der Waals surface area contributed by atoms with Crippen LogP contribution in [0.15, 0.2) is 18.3 Å². The molecule has 0 spiro atoms. The molecule has 0 amide bonds. The normalized spacial score (nSPS) is 36.1. The molecule has 0 aliphatic heterocycles. The van der Waals surface area contributed by atoms with Crippen molar-refractivity contribution in [1.29, 1.82) is 0 Å². The second-order valence-electron chi connectivity index (χ2n) is 5.83. The van der Waals surface area contributed by atoms with Crippen molar-refractivity contribution in [2.24, 2.45) is 11.8 Å². The van der Waals surface area contributed by atoms with Crippen molar-refractivity contribution in [3.8, 4) is 0 Å². The Morgan fingerprint density at radius 3 is 2.88 bits per heavy atom. The summed E-state index contributed by atoms with van der Waals surface area (Å²) >= 11 is 0. The van der Waals surface area contributed by atoms with E-state index in [0.717, 1.165) is 11.8 Å². The summed E-state index contributed by atoms with van der Waals surface area (Å²) in [6, 6.07) is 5.48. The predicted octanol–water partition coefficient (Wildman–Crippen LogP) is 3.09. The highest BCUT2D eigenvalue weighted by atomic mass is 15.0. The number of pyridine rings is 1. The first-order chi connectivity index (χ1) is 8.25. The van der Waals surface area contributed by atoms with Gasteiger partial charge in [-0.15, -0.1) is 0 Å². The molecule has 4 unspecified atom stereocenters. The van der Waals surface area contributed by atoms with Gasteiger partial charge < -0.3 is 5.32 Å². The van der Waals surface area contributed by atoms with Crippen LogP contribution in [0.25, 0.3) is 0 Å². The van der Waals surface area contributed by atoms with Gasteiger partial charge >= 0.3 is 0 Å². The van der Waals surface area contributed by atoms with Gasteiger partial charge in [0.2, 0.25) is 0 Å². The molecule has 1 saturated carbocycles. The molecule has 3 rings (SSSR count). The number of rotatable bonds is 2. The van der Waals surface area contributed by atoms with Crippen LogP contribution >= 0.6 is 0 Å². The number of aromatic nitrogens is 1. The summed E-state index contributed by atoms with van der Waals surface area (Å²) in [5.41, 5.74) is 2.75. The van der Waals surface area contributed by atoms with E-state index in [0.29, 0.717) is 12.1 Å². The molecule has 4 atom stereocenters. The summed E-state index contributed by atoms with van der Waals surface area (Å²) in [6.07, 6.45) is 7.06. The maximum absolute atomic E-state index is 4.56. The van der Waals surface area contributed by atoms with E-state index in [1.54, 1.807) is 0 Å². The Hall–Kier alpha value is -0.890. The Morgan fingerprint density at radius 1 is 1.24 bits per heavy atom. The summed E-state index contributed by atoms with van der Waals surface area (Å²) in [4.78, 5) is 4.56. The molecule has 2 nitrogen and oxygen atoms in total. The Bertz CT molecular complexity index is 402. The zero-order valence-corrected chi connectivity index (χ0v) is 10.8. The van der Waals surface area contributed by atoms with Crippen LogP contribution in [0.3, 0.4) is 0 Å². The number of hydrogen-bond acceptors (Lipinski definition) is 2. The van der Waals surface area contributed by atoms with Crippen LogP contribution in [0, 0.1) is 11.8 Å². The van der Waals surface area contributed by atoms with Gasteiger partial charge in [-0.3, -0.25) is 4.98 Å². The molecule has 1 heterocycles. The second-order valence-corrected chi connectivity index (χ2v) is 5.83. The van der Waals surface area contributed by atoms with Crippen molar-refractivity contribution >= 4 is 0 Å². The van der Waals surface area contributed by atoms with Gasteiger partial charge in [0.25, 0.3) is 0 Å². The zero-order chi connectivity index (χ0) is 11.8. The topological polar surface area (TPSA) is 24.9 Å². The Labute approximate surface area is 104 Å². The molecule has 0 aromatic carbocycles. The van der Waals surface area contributed by atoms with E-state index in [-0.39, 0.29) is 0 Å². The molecule has 1 N–H and O–H groups in total. The molecule has 1 aromatic rings. The fraction of sp³-hybridized carbons (Fsp3) is 0.667. The summed E-state index contributed by atoms with van der Waals surface area (Å²) in [5.74, 6) is 1.68. The molecule has 1 fully saturated rings. The van der Waals surface area contributed by atoms with E-state index in [4.69, 9.17) is 0 Å². The van der Waals surface area contributed by atoms with E-state index in [1.165, 1.54) is 36.9 Å². The summed E-state index contributed by atoms with van der Waals surface area (Å²) in [5, 5.41) is 3.85. The molecular formula is C15H22N2. The van der Waals surface area contributed by atoms with Gasteiger partial charge in [-0.05, 0) is 49.1 Å². The molecule has 0 bridgehead atoms. The number of fused-ring (bicyclic) bond motifs is 1. The molecule has 1 aromatic heterocycles. The highest BCUT2D eigenvalue weighted by Gasteiger charge is 2.33. The van der Waals surface area contributed by atoms with Gasteiger partial charge in [0.05, 0.1) is 11.7 Å². The van der Waals surface area contributed by atoms with Gasteiger partial charge in [-0.25, -0.2) is 0 Å². The third kappa shape index (κ3) is 1.99. The van der Waals surface area contributed by atoms with Crippen molar-refractivity contribution in [3.63, 3.8) is 0 Å². The third-order valence-electron chi connectivity index (χ3n) is 4.84. The summed E-state index contributed by atoms with van der Waals surface area (Å²) < 4.78 is 0. The van der Waals surface area contributed by atoms with Crippen molar-refractivity contribution in [2.75, 3.05) is 0 Å². The first-order valence-electron chi connectivity index (χ1n) is 6.95. The summed E-state index contributed by atoms with van der Waals surface area (Å²) in [7, 11) is 0. The van der Waals surface area contributed by atoms with Crippen LogP contribution in [0.4, 0.5) is 0 Å². The Balaban J connectivity index is 1.72. The number of nitrogens with one attached hydrogen (secondary N) is 1. The molecule has 2 aliphatic rings. The van der Waals surface area contributed by atoms with Gasteiger partial charge in [-0.2, -0.15) is 0 Å². The molecule has 17 heavy (non-hydrogen) atoms. The van der Waals surface area contributed by atoms with E-state index in [1.807, 2.05) is 6.20 Å². The lowest BCUT2D eigenvalue weighted by Gasteiger charge is -2.24. The van der Waals surface area contributed by atoms with Crippen molar-refractivity contribution in [2.45, 2.75) is 51.6 Å². The van der Waals surface area contributed by atoms with Gasteiger partial charge in [-0.1, -0.05) is 19.9 Å². The van der Waals surface area contributed by atoms with Gasteiger partial charge in [0, 0.05) is 12.2 Å². The van der Waals surface area contributed by atoms with Gasteiger partial charge in [0.15, 0.2) is 0 Å². The quantitative estimate of drug-likeness (QED) is 0.844. The first-order valence-corrected chi connectivity index (χ1v) is 6.95. The number of hydrogen-bond donors (Lipinski definition) is 1. The van der Waals surface area contributed by atoms with Crippen LogP contribution in [-0.2, 0) is 6.42 Å². The van der Waals surface area contributed by atoms with Crippen LogP contribution < -0.4 is 5.32 Å². The van der Waals surface area contributed by atoms with Crippen LogP contribution in [0.1, 0.15) is 50.4 Å². The van der Waals surface area contributed by atoms with Crippen molar-refractivity contribution in [1.82, 2.24) is 10.3 Å². The minimum Gasteiger partial charge on any atom is -0.306 e. The lowest BCUT2D eigenvalue weighted by Crippen LogP contribution is -2.35. The lowest BCUT2D eigenvalue weighted by atomic mass is 9.97. The minimum atomic E-state index is 0.504. The Kier molecular flexibility index (Phi) is 2.91. The standard InChI is InChI=1S/C15H22N2/c1-10-5-7-13(11(10)2)17-14-8-6-12-4-3-9-16-15(12)14/h3-4,9-11,13-14,17H,5-8H2,1-2H3. The van der Waals surface area contributed by atoms with E-state index in [2.05, 4.69) is 36.3 Å². The van der Waals surface area contributed by atoms with Crippen LogP contribution in [0.5, 0.6) is 0 Å². The lowest BCUT2D eigenvalue weighted by molar-refractivity contribution is 0.336. The average Bonchev–Trinajstić information content (AvgIpc) is 2.89. The summed E-state index contributed by atoms with van der Waals surface area (Å²) in [6.45, 7) is 4.77. The van der Waals surface area contributed by atoms with Crippen molar-refractivity contribution in [3.05, 3.63) is 29.6 Å². The SMILES string of the molecule is CC1CCC(NC2CCc3cccnc32)C1C. The maximum atomic E-state index is 4.56. The average molecular weight is 230 g/mol. The van der Waals surface area contributed by atoms with Gasteiger partial charge in [0.1, 0.15) is 0 Å². The first kappa shape index (κ1) is 11.2. The Morgan fingerprint density at radius 2 is 2.12 bits per heavy atom. The van der Waals surface area contributed by atoms with Crippen LogP contribution in [0.2, 0.25) is 0 Å². The smallest absolute Gasteiger partial charge is 0.0605 e.